The third-order valence-electron chi connectivity index (χ3n) is 3.53. The first-order valence-corrected chi connectivity index (χ1v) is 8.20. The number of hydrogen-bond donors (Lipinski definition) is 1. The van der Waals surface area contributed by atoms with Gasteiger partial charge >= 0.3 is 0 Å². The number of fused-ring (bicyclic) bond motifs is 1. The third kappa shape index (κ3) is 2.52. The van der Waals surface area contributed by atoms with Crippen LogP contribution in [-0.4, -0.2) is 17.0 Å². The number of nitrogens with zero attached hydrogens (tertiary/aromatic N) is 3. The van der Waals surface area contributed by atoms with Gasteiger partial charge in [0.05, 0.1) is 23.4 Å². The lowest BCUT2D eigenvalue weighted by molar-refractivity contribution is 0.573. The fourth-order valence-corrected chi connectivity index (χ4v) is 4.30. The fraction of sp³-hybridized carbons (Fsp3) is 0.538. The highest BCUT2D eigenvalue weighted by Crippen LogP contribution is 2.36. The number of nitrogens with two attached hydrogens (primary N) is 1. The van der Waals surface area contributed by atoms with Crippen molar-refractivity contribution >= 4 is 27.8 Å². The van der Waals surface area contributed by atoms with Crippen molar-refractivity contribution in [2.45, 2.75) is 38.8 Å². The van der Waals surface area contributed by atoms with E-state index in [4.69, 9.17) is 10.7 Å². The van der Waals surface area contributed by atoms with E-state index in [1.165, 1.54) is 15.4 Å². The van der Waals surface area contributed by atoms with Crippen LogP contribution in [0.25, 0.3) is 0 Å². The van der Waals surface area contributed by atoms with Crippen LogP contribution in [0.15, 0.2) is 5.51 Å². The summed E-state index contributed by atoms with van der Waals surface area (Å²) in [5.74, 6) is 0. The van der Waals surface area contributed by atoms with Crippen molar-refractivity contribution in [3.05, 3.63) is 26.7 Å². The average Bonchev–Trinajstić information content (AvgIpc) is 2.97. The summed E-state index contributed by atoms with van der Waals surface area (Å²) < 4.78 is 0. The van der Waals surface area contributed by atoms with Gasteiger partial charge in [-0.25, -0.2) is 9.97 Å². The highest BCUT2D eigenvalue weighted by atomic mass is 32.1. The van der Waals surface area contributed by atoms with Crippen LogP contribution in [-0.2, 0) is 13.0 Å². The van der Waals surface area contributed by atoms with E-state index in [-0.39, 0.29) is 6.04 Å². The molecule has 1 aliphatic rings. The molecule has 0 saturated heterocycles. The molecule has 0 radical (unpaired) electrons. The van der Waals surface area contributed by atoms with Gasteiger partial charge in [0.1, 0.15) is 0 Å². The number of thiazole rings is 2. The van der Waals surface area contributed by atoms with Crippen molar-refractivity contribution in [2.24, 2.45) is 5.73 Å². The lowest BCUT2D eigenvalue weighted by atomic mass is 9.99. The lowest BCUT2D eigenvalue weighted by Crippen LogP contribution is -2.16. The topological polar surface area (TPSA) is 55.0 Å². The molecule has 0 fully saturated rings. The molecule has 3 rings (SSSR count). The first-order chi connectivity index (χ1) is 9.15. The molecule has 19 heavy (non-hydrogen) atoms. The Morgan fingerprint density at radius 1 is 1.53 bits per heavy atom. The maximum Gasteiger partial charge on any atom is 0.185 e. The first-order valence-electron chi connectivity index (χ1n) is 6.50. The van der Waals surface area contributed by atoms with Gasteiger partial charge in [-0.1, -0.05) is 11.3 Å². The monoisotopic (exact) mass is 294 g/mol. The van der Waals surface area contributed by atoms with E-state index in [9.17, 15) is 0 Å². The summed E-state index contributed by atoms with van der Waals surface area (Å²) >= 11 is 3.46. The van der Waals surface area contributed by atoms with Gasteiger partial charge in [-0.3, -0.25) is 0 Å². The Labute approximate surface area is 121 Å². The van der Waals surface area contributed by atoms with Crippen molar-refractivity contribution in [1.82, 2.24) is 9.97 Å². The minimum absolute atomic E-state index is 0.188. The van der Waals surface area contributed by atoms with Gasteiger partial charge in [0.15, 0.2) is 5.13 Å². The summed E-state index contributed by atoms with van der Waals surface area (Å²) in [5.41, 5.74) is 10.4. The number of aromatic nitrogens is 2. The highest BCUT2D eigenvalue weighted by molar-refractivity contribution is 7.15. The van der Waals surface area contributed by atoms with Crippen molar-refractivity contribution in [3.8, 4) is 0 Å². The minimum Gasteiger partial charge on any atom is -0.346 e. The van der Waals surface area contributed by atoms with E-state index in [1.807, 2.05) is 5.51 Å². The molecule has 6 heteroatoms. The predicted octanol–water partition coefficient (Wildman–Crippen LogP) is 2.88. The smallest absolute Gasteiger partial charge is 0.185 e. The molecular weight excluding hydrogens is 276 g/mol. The highest BCUT2D eigenvalue weighted by Gasteiger charge is 2.23. The van der Waals surface area contributed by atoms with Crippen LogP contribution < -0.4 is 10.6 Å². The maximum atomic E-state index is 6.16. The largest absolute Gasteiger partial charge is 0.346 e. The maximum absolute atomic E-state index is 6.16. The van der Waals surface area contributed by atoms with Gasteiger partial charge in [0, 0.05) is 22.8 Å². The third-order valence-corrected chi connectivity index (χ3v) is 5.80. The quantitative estimate of drug-likeness (QED) is 0.945. The molecule has 2 heterocycles. The molecule has 4 nitrogen and oxygen atoms in total. The van der Waals surface area contributed by atoms with Crippen LogP contribution in [0.5, 0.6) is 0 Å². The summed E-state index contributed by atoms with van der Waals surface area (Å²) in [7, 11) is 2.09. The number of hydrogen-bond acceptors (Lipinski definition) is 6. The van der Waals surface area contributed by atoms with Gasteiger partial charge in [0.2, 0.25) is 0 Å². The van der Waals surface area contributed by atoms with Crippen LogP contribution in [0.4, 0.5) is 5.13 Å². The summed E-state index contributed by atoms with van der Waals surface area (Å²) in [6, 6.07) is 0.188. The molecule has 0 saturated carbocycles. The molecule has 1 aliphatic carbocycles. The normalized spacial score (nSPS) is 18.4. The molecule has 0 bridgehead atoms. The van der Waals surface area contributed by atoms with Crippen LogP contribution in [0.1, 0.15) is 40.0 Å². The molecule has 1 unspecified atom stereocenters. The van der Waals surface area contributed by atoms with E-state index < -0.39 is 0 Å². The zero-order valence-electron chi connectivity index (χ0n) is 11.2. The molecular formula is C13H18N4S2. The van der Waals surface area contributed by atoms with Gasteiger partial charge in [-0.2, -0.15) is 0 Å². The number of anilines is 1. The second kappa shape index (κ2) is 5.19. The van der Waals surface area contributed by atoms with Crippen LogP contribution in [0, 0.1) is 6.92 Å². The Morgan fingerprint density at radius 2 is 2.37 bits per heavy atom. The molecule has 2 aromatic heterocycles. The molecule has 102 valence electrons. The zero-order chi connectivity index (χ0) is 13.4. The van der Waals surface area contributed by atoms with E-state index in [2.05, 4.69) is 23.9 Å². The van der Waals surface area contributed by atoms with E-state index in [0.29, 0.717) is 0 Å². The molecule has 2 aromatic rings. The second-order valence-electron chi connectivity index (χ2n) is 5.02. The summed E-state index contributed by atoms with van der Waals surface area (Å²) in [5, 5.41) is 1.08. The molecule has 2 N–H and O–H groups in total. The van der Waals surface area contributed by atoms with Crippen molar-refractivity contribution in [3.63, 3.8) is 0 Å². The van der Waals surface area contributed by atoms with Crippen molar-refractivity contribution in [2.75, 3.05) is 11.9 Å². The Kier molecular flexibility index (Phi) is 3.56. The summed E-state index contributed by atoms with van der Waals surface area (Å²) in [4.78, 5) is 13.9. The molecule has 0 aliphatic heterocycles. The Bertz CT molecular complexity index is 575. The standard InChI is InChI=1S/C13H18N4S2/c1-8-11(18-7-15-8)6-17(2)13-16-10-5-3-4-9(14)12(10)19-13/h7,9H,3-6,14H2,1-2H3. The summed E-state index contributed by atoms with van der Waals surface area (Å²) in [6.07, 6.45) is 3.33. The lowest BCUT2D eigenvalue weighted by Gasteiger charge is -2.15. The van der Waals surface area contributed by atoms with Gasteiger partial charge in [-0.05, 0) is 26.2 Å². The fourth-order valence-electron chi connectivity index (χ4n) is 2.36. The zero-order valence-corrected chi connectivity index (χ0v) is 12.9. The Hall–Kier alpha value is -0.980. The van der Waals surface area contributed by atoms with Crippen LogP contribution in [0.3, 0.4) is 0 Å². The van der Waals surface area contributed by atoms with E-state index >= 15 is 0 Å². The summed E-state index contributed by atoms with van der Waals surface area (Å²) in [6.45, 7) is 2.93. The Balaban J connectivity index is 1.81. The van der Waals surface area contributed by atoms with Crippen molar-refractivity contribution < 1.29 is 0 Å². The second-order valence-corrected chi connectivity index (χ2v) is 6.97. The molecule has 0 aromatic carbocycles. The van der Waals surface area contributed by atoms with E-state index in [1.54, 1.807) is 22.7 Å². The van der Waals surface area contributed by atoms with Crippen LogP contribution >= 0.6 is 22.7 Å². The molecule has 0 amide bonds. The average molecular weight is 294 g/mol. The molecule has 0 spiro atoms. The molecule has 1 atom stereocenters. The first kappa shape index (κ1) is 13.0. The van der Waals surface area contributed by atoms with E-state index in [0.717, 1.165) is 36.6 Å². The predicted molar refractivity (Wildman–Crippen MR) is 80.9 cm³/mol. The van der Waals surface area contributed by atoms with Gasteiger partial charge in [0.25, 0.3) is 0 Å². The van der Waals surface area contributed by atoms with Crippen LogP contribution in [0.2, 0.25) is 0 Å². The minimum atomic E-state index is 0.188. The Morgan fingerprint density at radius 3 is 3.05 bits per heavy atom. The SMILES string of the molecule is Cc1ncsc1CN(C)c1nc2c(s1)C(N)CCC2. The number of rotatable bonds is 3. The van der Waals surface area contributed by atoms with Gasteiger partial charge in [-0.15, -0.1) is 11.3 Å². The number of aryl methyl sites for hydroxylation is 2. The van der Waals surface area contributed by atoms with Gasteiger partial charge < -0.3 is 10.6 Å². The van der Waals surface area contributed by atoms with Crippen molar-refractivity contribution in [1.29, 1.82) is 0 Å².